The molecule has 2 heterocycles. The first-order chi connectivity index (χ1) is 23.8. The van der Waals surface area contributed by atoms with Crippen molar-refractivity contribution in [3.63, 3.8) is 0 Å². The van der Waals surface area contributed by atoms with Gasteiger partial charge in [-0.15, -0.1) is 0 Å². The molecule has 2 aliphatic heterocycles. The molecule has 0 atom stereocenters. The number of fused-ring (bicyclic) bond motifs is 7. The van der Waals surface area contributed by atoms with Crippen LogP contribution < -0.4 is 10.7 Å². The molecule has 0 aliphatic carbocycles. The molecule has 0 amide bonds. The Morgan fingerprint density at radius 2 is 1.00 bits per heavy atom. The zero-order valence-electron chi connectivity index (χ0n) is 26.1. The summed E-state index contributed by atoms with van der Waals surface area (Å²) < 4.78 is 0. The van der Waals surface area contributed by atoms with Gasteiger partial charge in [0.15, 0.2) is 0 Å². The summed E-state index contributed by atoms with van der Waals surface area (Å²) in [5.74, 6) is 0. The van der Waals surface area contributed by atoms with E-state index >= 15 is 0 Å². The van der Waals surface area contributed by atoms with E-state index < -0.39 is 0 Å². The monoisotopic (exact) mass is 608 g/mol. The first kappa shape index (κ1) is 26.8. The molecule has 0 fully saturated rings. The van der Waals surface area contributed by atoms with Gasteiger partial charge in [0.25, 0.3) is 0 Å². The molecule has 0 N–H and O–H groups in total. The van der Waals surface area contributed by atoms with Gasteiger partial charge in [-0.1, -0.05) is 146 Å². The van der Waals surface area contributed by atoms with E-state index in [-0.39, 0.29) is 0 Å². The van der Waals surface area contributed by atoms with E-state index in [0.717, 1.165) is 49.6 Å². The fourth-order valence-corrected chi connectivity index (χ4v) is 7.73. The molecule has 0 radical (unpaired) electrons. The molecule has 10 rings (SSSR count). The second-order valence-electron chi connectivity index (χ2n) is 12.5. The van der Waals surface area contributed by atoms with Crippen LogP contribution in [0.25, 0.3) is 66.4 Å². The molecular formula is C46H28N2. The van der Waals surface area contributed by atoms with E-state index in [1.54, 1.807) is 0 Å². The summed E-state index contributed by atoms with van der Waals surface area (Å²) in [4.78, 5) is 10.6. The molecule has 0 saturated carbocycles. The molecule has 0 bridgehead atoms. The largest absolute Gasteiger partial charge is 0.248 e. The third kappa shape index (κ3) is 4.00. The zero-order valence-corrected chi connectivity index (χ0v) is 26.1. The van der Waals surface area contributed by atoms with Crippen LogP contribution in [0, 0.1) is 10.4 Å². The van der Waals surface area contributed by atoms with Crippen molar-refractivity contribution in [1.29, 1.82) is 0 Å². The Morgan fingerprint density at radius 3 is 1.85 bits per heavy atom. The molecule has 8 aromatic rings. The smallest absolute Gasteiger partial charge is 0.0817 e. The van der Waals surface area contributed by atoms with E-state index in [1.807, 2.05) is 0 Å². The van der Waals surface area contributed by atoms with Gasteiger partial charge in [-0.05, 0) is 74.0 Å². The Morgan fingerprint density at radius 1 is 0.333 bits per heavy atom. The van der Waals surface area contributed by atoms with Crippen molar-refractivity contribution in [2.24, 2.45) is 9.98 Å². The summed E-state index contributed by atoms with van der Waals surface area (Å²) in [5, 5.41) is 6.77. The minimum Gasteiger partial charge on any atom is -0.248 e. The van der Waals surface area contributed by atoms with Crippen LogP contribution in [0.4, 0.5) is 11.4 Å². The second-order valence-corrected chi connectivity index (χ2v) is 12.5. The standard InChI is InChI=1S/C46H28N2/c1-3-14-30(15-4-1)38-28-41-44(45-40(47-41)27-26-37-35-22-11-12-25-39(35)48-46(37)45)43(42(38)31-17-5-2-6-18-31)36-23-10-9-21-34(36)33-24-13-19-29-16-7-8-20-32(29)33/h1-28H. The fourth-order valence-electron chi connectivity index (χ4n) is 7.73. The molecule has 2 aliphatic rings. The summed E-state index contributed by atoms with van der Waals surface area (Å²) in [6, 6.07) is 60.9. The zero-order chi connectivity index (χ0) is 31.6. The lowest BCUT2D eigenvalue weighted by atomic mass is 9.80. The molecule has 48 heavy (non-hydrogen) atoms. The highest BCUT2D eigenvalue weighted by molar-refractivity contribution is 6.12. The SMILES string of the molecule is c1ccc(-c2cc3c(c(-c4ccccc4-c4cccc5ccccc45)c2-c2ccccc2)-c2c4c(ccc2=N3)=c2ccccc2=N4)cc1. The van der Waals surface area contributed by atoms with E-state index in [4.69, 9.17) is 9.98 Å². The topological polar surface area (TPSA) is 24.7 Å². The second kappa shape index (κ2) is 10.6. The minimum absolute atomic E-state index is 0.966. The summed E-state index contributed by atoms with van der Waals surface area (Å²) in [6.07, 6.45) is 0. The summed E-state index contributed by atoms with van der Waals surface area (Å²) >= 11 is 0. The highest BCUT2D eigenvalue weighted by atomic mass is 14.8. The predicted octanol–water partition coefficient (Wildman–Crippen LogP) is 11.0. The van der Waals surface area contributed by atoms with Crippen molar-refractivity contribution < 1.29 is 0 Å². The van der Waals surface area contributed by atoms with Gasteiger partial charge in [-0.2, -0.15) is 0 Å². The van der Waals surface area contributed by atoms with Crippen molar-refractivity contribution in [3.8, 4) is 55.6 Å². The highest BCUT2D eigenvalue weighted by Crippen LogP contribution is 2.54. The van der Waals surface area contributed by atoms with Crippen molar-refractivity contribution in [2.45, 2.75) is 0 Å². The highest BCUT2D eigenvalue weighted by Gasteiger charge is 2.30. The lowest BCUT2D eigenvalue weighted by Gasteiger charge is -2.23. The van der Waals surface area contributed by atoms with Crippen molar-refractivity contribution in [3.05, 3.63) is 191 Å². The van der Waals surface area contributed by atoms with Crippen molar-refractivity contribution in [2.75, 3.05) is 0 Å². The van der Waals surface area contributed by atoms with E-state index in [2.05, 4.69) is 170 Å². The van der Waals surface area contributed by atoms with Gasteiger partial charge < -0.3 is 0 Å². The number of para-hydroxylation sites is 1. The van der Waals surface area contributed by atoms with Gasteiger partial charge >= 0.3 is 0 Å². The van der Waals surface area contributed by atoms with Crippen LogP contribution in [0.3, 0.4) is 0 Å². The number of benzene rings is 8. The summed E-state index contributed by atoms with van der Waals surface area (Å²) in [5.41, 5.74) is 13.7. The van der Waals surface area contributed by atoms with Gasteiger partial charge in [0, 0.05) is 27.1 Å². The number of hydrogen-bond acceptors (Lipinski definition) is 2. The average Bonchev–Trinajstić information content (AvgIpc) is 3.73. The molecule has 0 spiro atoms. The first-order valence-corrected chi connectivity index (χ1v) is 16.4. The maximum atomic E-state index is 5.35. The number of hydrogen-bond donors (Lipinski definition) is 0. The maximum absolute atomic E-state index is 5.35. The van der Waals surface area contributed by atoms with Gasteiger partial charge in [0.1, 0.15) is 0 Å². The Kier molecular flexibility index (Phi) is 5.91. The molecule has 2 nitrogen and oxygen atoms in total. The molecule has 0 unspecified atom stereocenters. The average molecular weight is 609 g/mol. The van der Waals surface area contributed by atoms with Gasteiger partial charge in [-0.3, -0.25) is 0 Å². The Bertz CT molecular complexity index is 2810. The van der Waals surface area contributed by atoms with Gasteiger partial charge in [0.2, 0.25) is 0 Å². The molecule has 8 aromatic carbocycles. The summed E-state index contributed by atoms with van der Waals surface area (Å²) in [7, 11) is 0. The molecule has 0 saturated heterocycles. The van der Waals surface area contributed by atoms with Crippen LogP contribution in [-0.2, 0) is 0 Å². The normalized spacial score (nSPS) is 12.1. The Hall–Kier alpha value is -6.38. The first-order valence-electron chi connectivity index (χ1n) is 16.4. The van der Waals surface area contributed by atoms with Crippen LogP contribution in [-0.4, -0.2) is 0 Å². The lowest BCUT2D eigenvalue weighted by molar-refractivity contribution is 1.36. The molecule has 2 heteroatoms. The van der Waals surface area contributed by atoms with Crippen LogP contribution in [0.5, 0.6) is 0 Å². The summed E-state index contributed by atoms with van der Waals surface area (Å²) in [6.45, 7) is 0. The van der Waals surface area contributed by atoms with Crippen LogP contribution in [0.15, 0.2) is 180 Å². The minimum atomic E-state index is 0.966. The lowest BCUT2D eigenvalue weighted by Crippen LogP contribution is -2.02. The molecule has 222 valence electrons. The van der Waals surface area contributed by atoms with Crippen LogP contribution in [0.2, 0.25) is 0 Å². The van der Waals surface area contributed by atoms with Crippen LogP contribution >= 0.6 is 0 Å². The fraction of sp³-hybridized carbons (Fsp3) is 0. The van der Waals surface area contributed by atoms with E-state index in [9.17, 15) is 0 Å². The van der Waals surface area contributed by atoms with Crippen LogP contribution in [0.1, 0.15) is 0 Å². The van der Waals surface area contributed by atoms with E-state index in [1.165, 1.54) is 49.4 Å². The number of nitrogens with zero attached hydrogens (tertiary/aromatic N) is 2. The van der Waals surface area contributed by atoms with Gasteiger partial charge in [-0.25, -0.2) is 9.98 Å². The third-order valence-corrected chi connectivity index (χ3v) is 9.80. The van der Waals surface area contributed by atoms with Crippen molar-refractivity contribution in [1.82, 2.24) is 0 Å². The Balaban J connectivity index is 1.40. The molecular weight excluding hydrogens is 581 g/mol. The van der Waals surface area contributed by atoms with Gasteiger partial charge in [0.05, 0.1) is 22.1 Å². The number of rotatable bonds is 4. The predicted molar refractivity (Wildman–Crippen MR) is 197 cm³/mol. The van der Waals surface area contributed by atoms with E-state index in [0.29, 0.717) is 0 Å². The maximum Gasteiger partial charge on any atom is 0.0817 e. The molecule has 0 aromatic heterocycles. The van der Waals surface area contributed by atoms with Crippen molar-refractivity contribution >= 4 is 22.1 Å². The quantitative estimate of drug-likeness (QED) is 0.190. The third-order valence-electron chi connectivity index (χ3n) is 9.80. The Labute approximate surface area is 278 Å².